The molecule has 18 heavy (non-hydrogen) atoms. The van der Waals surface area contributed by atoms with Crippen molar-refractivity contribution in [1.82, 2.24) is 5.32 Å². The second kappa shape index (κ2) is 8.09. The Kier molecular flexibility index (Phi) is 6.73. The number of hydrogen-bond acceptors (Lipinski definition) is 2. The van der Waals surface area contributed by atoms with E-state index in [0.717, 1.165) is 32.1 Å². The minimum atomic E-state index is -0.137. The summed E-state index contributed by atoms with van der Waals surface area (Å²) in [6.45, 7) is 10.1. The molecule has 0 radical (unpaired) electrons. The number of halogens is 1. The third-order valence-electron chi connectivity index (χ3n) is 3.03. The summed E-state index contributed by atoms with van der Waals surface area (Å²) in [7, 11) is 0. The van der Waals surface area contributed by atoms with Gasteiger partial charge in [0.2, 0.25) is 0 Å². The number of rotatable bonds is 8. The number of benzene rings is 1. The summed E-state index contributed by atoms with van der Waals surface area (Å²) < 4.78 is 13.6. The van der Waals surface area contributed by atoms with Gasteiger partial charge >= 0.3 is 0 Å². The van der Waals surface area contributed by atoms with Gasteiger partial charge < -0.3 is 10.2 Å². The van der Waals surface area contributed by atoms with Crippen molar-refractivity contribution in [2.75, 3.05) is 31.1 Å². The molecule has 0 bridgehead atoms. The van der Waals surface area contributed by atoms with Crippen LogP contribution in [0, 0.1) is 11.7 Å². The average Bonchev–Trinajstić information content (AvgIpc) is 2.35. The van der Waals surface area contributed by atoms with Crippen LogP contribution in [0.25, 0.3) is 0 Å². The maximum atomic E-state index is 13.6. The summed E-state index contributed by atoms with van der Waals surface area (Å²) >= 11 is 0. The molecule has 1 aromatic carbocycles. The van der Waals surface area contributed by atoms with Gasteiger partial charge in [-0.1, -0.05) is 26.0 Å². The van der Waals surface area contributed by atoms with Crippen LogP contribution in [0.1, 0.15) is 27.2 Å². The molecule has 102 valence electrons. The van der Waals surface area contributed by atoms with Gasteiger partial charge in [-0.05, 0) is 37.9 Å². The molecule has 2 nitrogen and oxygen atoms in total. The van der Waals surface area contributed by atoms with Crippen LogP contribution in [-0.2, 0) is 0 Å². The first kappa shape index (κ1) is 15.0. The fraction of sp³-hybridized carbons (Fsp3) is 0.600. The molecule has 0 heterocycles. The van der Waals surface area contributed by atoms with Crippen LogP contribution in [0.3, 0.4) is 0 Å². The van der Waals surface area contributed by atoms with E-state index < -0.39 is 0 Å². The van der Waals surface area contributed by atoms with Gasteiger partial charge in [-0.3, -0.25) is 0 Å². The number of likely N-dealkylation sites (N-methyl/N-ethyl adjacent to an activating group) is 1. The molecule has 0 fully saturated rings. The van der Waals surface area contributed by atoms with Crippen LogP contribution in [0.4, 0.5) is 10.1 Å². The van der Waals surface area contributed by atoms with E-state index >= 15 is 0 Å². The standard InChI is InChI=1S/C15H25FN2/c1-4-18(12-11-17-10-9-13(2)3)15-8-6-5-7-14(15)16/h5-8,13,17H,4,9-12H2,1-3H3. The molecule has 1 N–H and O–H groups in total. The zero-order valence-corrected chi connectivity index (χ0v) is 11.7. The first-order valence-corrected chi connectivity index (χ1v) is 6.85. The molecular weight excluding hydrogens is 227 g/mol. The molecule has 0 atom stereocenters. The van der Waals surface area contributed by atoms with Crippen LogP contribution in [-0.4, -0.2) is 26.2 Å². The highest BCUT2D eigenvalue weighted by Gasteiger charge is 2.08. The van der Waals surface area contributed by atoms with Crippen molar-refractivity contribution >= 4 is 5.69 Å². The third kappa shape index (κ3) is 5.05. The monoisotopic (exact) mass is 252 g/mol. The third-order valence-corrected chi connectivity index (χ3v) is 3.03. The molecule has 0 aliphatic carbocycles. The quantitative estimate of drug-likeness (QED) is 0.714. The van der Waals surface area contributed by atoms with Crippen LogP contribution in [0.5, 0.6) is 0 Å². The van der Waals surface area contributed by atoms with Gasteiger partial charge in [0.1, 0.15) is 5.82 Å². The van der Waals surface area contributed by atoms with Crippen molar-refractivity contribution in [1.29, 1.82) is 0 Å². The molecule has 1 aromatic rings. The zero-order valence-electron chi connectivity index (χ0n) is 11.7. The number of nitrogens with zero attached hydrogens (tertiary/aromatic N) is 1. The molecule has 0 unspecified atom stereocenters. The maximum Gasteiger partial charge on any atom is 0.146 e. The molecular formula is C15H25FN2. The second-order valence-electron chi connectivity index (χ2n) is 4.96. The Morgan fingerprint density at radius 1 is 1.22 bits per heavy atom. The molecule has 0 spiro atoms. The van der Waals surface area contributed by atoms with Crippen molar-refractivity contribution in [3.63, 3.8) is 0 Å². The van der Waals surface area contributed by atoms with Gasteiger partial charge in [-0.15, -0.1) is 0 Å². The normalized spacial score (nSPS) is 10.9. The van der Waals surface area contributed by atoms with Gasteiger partial charge in [-0.25, -0.2) is 4.39 Å². The van der Waals surface area contributed by atoms with Gasteiger partial charge in [0, 0.05) is 19.6 Å². The first-order chi connectivity index (χ1) is 8.65. The summed E-state index contributed by atoms with van der Waals surface area (Å²) in [6.07, 6.45) is 1.19. The molecule has 0 aliphatic heterocycles. The van der Waals surface area contributed by atoms with E-state index in [1.807, 2.05) is 12.1 Å². The SMILES string of the molecule is CCN(CCNCCC(C)C)c1ccccc1F. The van der Waals surface area contributed by atoms with E-state index in [0.29, 0.717) is 5.69 Å². The Morgan fingerprint density at radius 3 is 2.56 bits per heavy atom. The van der Waals surface area contributed by atoms with Crippen molar-refractivity contribution in [2.24, 2.45) is 5.92 Å². The number of nitrogens with one attached hydrogen (secondary N) is 1. The number of hydrogen-bond donors (Lipinski definition) is 1. The molecule has 1 rings (SSSR count). The van der Waals surface area contributed by atoms with Gasteiger partial charge in [-0.2, -0.15) is 0 Å². The molecule has 0 saturated heterocycles. The lowest BCUT2D eigenvalue weighted by atomic mass is 10.1. The van der Waals surface area contributed by atoms with Crippen molar-refractivity contribution in [3.8, 4) is 0 Å². The molecule has 3 heteroatoms. The maximum absolute atomic E-state index is 13.6. The number of para-hydroxylation sites is 1. The highest BCUT2D eigenvalue weighted by atomic mass is 19.1. The van der Waals surface area contributed by atoms with Crippen LogP contribution in [0.2, 0.25) is 0 Å². The van der Waals surface area contributed by atoms with E-state index in [1.165, 1.54) is 12.5 Å². The fourth-order valence-corrected chi connectivity index (χ4v) is 1.89. The molecule has 0 amide bonds. The van der Waals surface area contributed by atoms with E-state index in [1.54, 1.807) is 6.07 Å². The van der Waals surface area contributed by atoms with E-state index in [9.17, 15) is 4.39 Å². The molecule has 0 saturated carbocycles. The Balaban J connectivity index is 2.36. The highest BCUT2D eigenvalue weighted by molar-refractivity contribution is 5.47. The largest absolute Gasteiger partial charge is 0.368 e. The Labute approximate surface area is 110 Å². The van der Waals surface area contributed by atoms with Crippen LogP contribution >= 0.6 is 0 Å². The topological polar surface area (TPSA) is 15.3 Å². The van der Waals surface area contributed by atoms with Gasteiger partial charge in [0.25, 0.3) is 0 Å². The first-order valence-electron chi connectivity index (χ1n) is 6.85. The average molecular weight is 252 g/mol. The van der Waals surface area contributed by atoms with Gasteiger partial charge in [0.15, 0.2) is 0 Å². The van der Waals surface area contributed by atoms with Gasteiger partial charge in [0.05, 0.1) is 5.69 Å². The van der Waals surface area contributed by atoms with E-state index in [-0.39, 0.29) is 5.82 Å². The lowest BCUT2D eigenvalue weighted by Gasteiger charge is -2.23. The minimum Gasteiger partial charge on any atom is -0.368 e. The predicted molar refractivity (Wildman–Crippen MR) is 76.6 cm³/mol. The molecule has 0 aliphatic rings. The lowest BCUT2D eigenvalue weighted by molar-refractivity contribution is 0.536. The predicted octanol–water partition coefficient (Wildman–Crippen LogP) is 3.29. The zero-order chi connectivity index (χ0) is 13.4. The van der Waals surface area contributed by atoms with Crippen molar-refractivity contribution in [3.05, 3.63) is 30.1 Å². The summed E-state index contributed by atoms with van der Waals surface area (Å²) in [5.41, 5.74) is 0.700. The Hall–Kier alpha value is -1.09. The summed E-state index contributed by atoms with van der Waals surface area (Å²) in [5, 5.41) is 3.41. The molecule has 0 aromatic heterocycles. The van der Waals surface area contributed by atoms with Crippen LogP contribution in [0.15, 0.2) is 24.3 Å². The minimum absolute atomic E-state index is 0.137. The summed E-state index contributed by atoms with van der Waals surface area (Å²) in [6, 6.07) is 6.97. The van der Waals surface area contributed by atoms with E-state index in [2.05, 4.69) is 31.0 Å². The van der Waals surface area contributed by atoms with Crippen molar-refractivity contribution in [2.45, 2.75) is 27.2 Å². The summed E-state index contributed by atoms with van der Waals surface area (Å²) in [5.74, 6) is 0.591. The lowest BCUT2D eigenvalue weighted by Crippen LogP contribution is -2.33. The van der Waals surface area contributed by atoms with Crippen molar-refractivity contribution < 1.29 is 4.39 Å². The van der Waals surface area contributed by atoms with E-state index in [4.69, 9.17) is 0 Å². The fourth-order valence-electron chi connectivity index (χ4n) is 1.89. The number of anilines is 1. The van der Waals surface area contributed by atoms with Crippen LogP contribution < -0.4 is 10.2 Å². The Morgan fingerprint density at radius 2 is 1.94 bits per heavy atom. The highest BCUT2D eigenvalue weighted by Crippen LogP contribution is 2.17. The smallest absolute Gasteiger partial charge is 0.146 e. The second-order valence-corrected chi connectivity index (χ2v) is 4.96. The Bertz CT molecular complexity index is 339. The summed E-state index contributed by atoms with van der Waals surface area (Å²) in [4.78, 5) is 2.07.